The second kappa shape index (κ2) is 5.98. The average molecular weight is 344 g/mol. The molecule has 0 amide bonds. The van der Waals surface area contributed by atoms with Crippen molar-refractivity contribution in [2.75, 3.05) is 6.54 Å². The monoisotopic (exact) mass is 343 g/mol. The molecule has 3 rings (SSSR count). The van der Waals surface area contributed by atoms with Crippen LogP contribution in [0.15, 0.2) is 24.4 Å². The van der Waals surface area contributed by atoms with E-state index < -0.39 is 12.0 Å². The lowest BCUT2D eigenvalue weighted by atomic mass is 10.1. The normalized spacial score (nSPS) is 15.5. The van der Waals surface area contributed by atoms with Crippen LogP contribution in [0.5, 0.6) is 5.75 Å². The Kier molecular flexibility index (Phi) is 4.16. The molecule has 0 saturated heterocycles. The molecule has 0 spiro atoms. The highest BCUT2D eigenvalue weighted by atomic mass is 35.5. The van der Waals surface area contributed by atoms with E-state index in [0.29, 0.717) is 42.3 Å². The summed E-state index contributed by atoms with van der Waals surface area (Å²) in [4.78, 5) is 9.10. The Labute approximate surface area is 135 Å². The van der Waals surface area contributed by atoms with Gasteiger partial charge in [0.15, 0.2) is 0 Å². The van der Waals surface area contributed by atoms with Crippen LogP contribution in [0.25, 0.3) is 0 Å². The van der Waals surface area contributed by atoms with E-state index in [2.05, 4.69) is 14.9 Å². The first-order valence-corrected chi connectivity index (χ1v) is 7.32. The predicted octanol–water partition coefficient (Wildman–Crippen LogP) is 3.41. The predicted molar refractivity (Wildman–Crippen MR) is 78.0 cm³/mol. The summed E-state index contributed by atoms with van der Waals surface area (Å²) in [7, 11) is 0. The number of phenolic OH excluding ortho intramolecular Hbond substituents is 1. The van der Waals surface area contributed by atoms with Crippen LogP contribution in [0.4, 0.5) is 13.2 Å². The fraction of sp³-hybridized carbons (Fsp3) is 0.333. The summed E-state index contributed by atoms with van der Waals surface area (Å²) < 4.78 is 37.9. The number of halogens is 4. The molecule has 0 atom stereocenters. The number of hydrogen-bond acceptors (Lipinski definition) is 4. The van der Waals surface area contributed by atoms with E-state index in [1.807, 2.05) is 0 Å². The van der Waals surface area contributed by atoms with E-state index in [1.165, 1.54) is 12.3 Å². The molecule has 0 aliphatic carbocycles. The Hall–Kier alpha value is -1.86. The van der Waals surface area contributed by atoms with Crippen LogP contribution >= 0.6 is 11.6 Å². The van der Waals surface area contributed by atoms with Crippen LogP contribution < -0.4 is 0 Å². The highest BCUT2D eigenvalue weighted by Crippen LogP contribution is 2.29. The Morgan fingerprint density at radius 1 is 1.30 bits per heavy atom. The minimum absolute atomic E-state index is 0.0934. The Bertz CT molecular complexity index is 736. The summed E-state index contributed by atoms with van der Waals surface area (Å²) in [6, 6.07) is 4.75. The summed E-state index contributed by atoms with van der Waals surface area (Å²) in [5.41, 5.74) is 1.99. The van der Waals surface area contributed by atoms with Gasteiger partial charge < -0.3 is 5.11 Å². The van der Waals surface area contributed by atoms with Crippen molar-refractivity contribution >= 4 is 11.6 Å². The number of aromatic nitrogens is 2. The molecule has 1 aromatic heterocycles. The van der Waals surface area contributed by atoms with Crippen molar-refractivity contribution in [2.24, 2.45) is 0 Å². The van der Waals surface area contributed by atoms with Crippen molar-refractivity contribution in [3.8, 4) is 5.75 Å². The van der Waals surface area contributed by atoms with Gasteiger partial charge >= 0.3 is 6.18 Å². The van der Waals surface area contributed by atoms with Crippen LogP contribution in [0.2, 0.25) is 5.02 Å². The average Bonchev–Trinajstić information content (AvgIpc) is 2.48. The molecule has 0 saturated carbocycles. The van der Waals surface area contributed by atoms with E-state index in [0.717, 1.165) is 5.56 Å². The van der Waals surface area contributed by atoms with Gasteiger partial charge in [-0.2, -0.15) is 13.2 Å². The van der Waals surface area contributed by atoms with Gasteiger partial charge in [-0.25, -0.2) is 9.97 Å². The molecular weight excluding hydrogens is 331 g/mol. The third-order valence-electron chi connectivity index (χ3n) is 3.70. The topological polar surface area (TPSA) is 49.2 Å². The molecule has 1 aliphatic rings. The van der Waals surface area contributed by atoms with E-state index in [1.54, 1.807) is 12.1 Å². The van der Waals surface area contributed by atoms with Crippen LogP contribution in [-0.4, -0.2) is 26.5 Å². The Morgan fingerprint density at radius 3 is 2.78 bits per heavy atom. The van der Waals surface area contributed by atoms with Gasteiger partial charge in [0.1, 0.15) is 5.75 Å². The van der Waals surface area contributed by atoms with Crippen LogP contribution in [0.1, 0.15) is 22.6 Å². The van der Waals surface area contributed by atoms with Crippen molar-refractivity contribution in [3.05, 3.63) is 52.1 Å². The molecule has 0 fully saturated rings. The molecule has 23 heavy (non-hydrogen) atoms. The quantitative estimate of drug-likeness (QED) is 0.908. The molecule has 1 aliphatic heterocycles. The number of fused-ring (bicyclic) bond motifs is 1. The largest absolute Gasteiger partial charge is 0.508 e. The third-order valence-corrected chi connectivity index (χ3v) is 4.05. The minimum atomic E-state index is -4.52. The first kappa shape index (κ1) is 16.0. The molecule has 4 nitrogen and oxygen atoms in total. The van der Waals surface area contributed by atoms with Crippen LogP contribution in [-0.2, 0) is 25.7 Å². The van der Waals surface area contributed by atoms with Gasteiger partial charge in [0.2, 0.25) is 5.82 Å². The van der Waals surface area contributed by atoms with Gasteiger partial charge in [-0.3, -0.25) is 4.90 Å². The molecule has 122 valence electrons. The summed E-state index contributed by atoms with van der Waals surface area (Å²) in [5.74, 6) is -0.998. The highest BCUT2D eigenvalue weighted by molar-refractivity contribution is 6.31. The second-order valence-corrected chi connectivity index (χ2v) is 5.81. The van der Waals surface area contributed by atoms with Gasteiger partial charge in [-0.05, 0) is 17.7 Å². The van der Waals surface area contributed by atoms with Crippen LogP contribution in [0, 0.1) is 0 Å². The van der Waals surface area contributed by atoms with Crippen molar-refractivity contribution in [1.82, 2.24) is 14.9 Å². The number of benzene rings is 1. The summed E-state index contributed by atoms with van der Waals surface area (Å²) in [6.45, 7) is 1.59. The SMILES string of the molecule is Oc1ccc(CN2CCc3nc(C(F)(F)F)ncc3C2)c(Cl)c1. The zero-order valence-corrected chi connectivity index (χ0v) is 12.7. The molecule has 0 bridgehead atoms. The summed E-state index contributed by atoms with van der Waals surface area (Å²) in [5, 5.41) is 9.82. The van der Waals surface area contributed by atoms with Gasteiger partial charge in [0.25, 0.3) is 0 Å². The smallest absolute Gasteiger partial charge is 0.451 e. The van der Waals surface area contributed by atoms with Crippen molar-refractivity contribution in [3.63, 3.8) is 0 Å². The number of alkyl halides is 3. The van der Waals surface area contributed by atoms with Gasteiger partial charge in [-0.1, -0.05) is 17.7 Å². The molecule has 1 N–H and O–H groups in total. The van der Waals surface area contributed by atoms with E-state index in [-0.39, 0.29) is 5.75 Å². The maximum Gasteiger partial charge on any atom is 0.451 e. The number of hydrogen-bond donors (Lipinski definition) is 1. The van der Waals surface area contributed by atoms with E-state index in [4.69, 9.17) is 11.6 Å². The fourth-order valence-corrected chi connectivity index (χ4v) is 2.79. The van der Waals surface area contributed by atoms with Gasteiger partial charge in [0.05, 0.1) is 5.69 Å². The Morgan fingerprint density at radius 2 is 2.09 bits per heavy atom. The van der Waals surface area contributed by atoms with Crippen LogP contribution in [0.3, 0.4) is 0 Å². The minimum Gasteiger partial charge on any atom is -0.508 e. The lowest BCUT2D eigenvalue weighted by molar-refractivity contribution is -0.145. The summed E-state index contributed by atoms with van der Waals surface area (Å²) >= 11 is 6.08. The van der Waals surface area contributed by atoms with Gasteiger partial charge in [-0.15, -0.1) is 0 Å². The van der Waals surface area contributed by atoms with E-state index in [9.17, 15) is 18.3 Å². The lowest BCUT2D eigenvalue weighted by Crippen LogP contribution is -2.31. The number of phenols is 1. The number of aromatic hydroxyl groups is 1. The molecule has 2 aromatic rings. The zero-order chi connectivity index (χ0) is 16.6. The first-order chi connectivity index (χ1) is 10.8. The zero-order valence-electron chi connectivity index (χ0n) is 11.9. The molecule has 0 radical (unpaired) electrons. The fourth-order valence-electron chi connectivity index (χ4n) is 2.55. The molecule has 2 heterocycles. The highest BCUT2D eigenvalue weighted by Gasteiger charge is 2.35. The van der Waals surface area contributed by atoms with E-state index >= 15 is 0 Å². The summed E-state index contributed by atoms with van der Waals surface area (Å²) in [6.07, 6.45) is -2.85. The molecule has 8 heteroatoms. The molecule has 1 aromatic carbocycles. The van der Waals surface area contributed by atoms with Crippen molar-refractivity contribution in [1.29, 1.82) is 0 Å². The molecular formula is C15H13ClF3N3O. The van der Waals surface area contributed by atoms with Crippen molar-refractivity contribution < 1.29 is 18.3 Å². The molecule has 0 unspecified atom stereocenters. The second-order valence-electron chi connectivity index (χ2n) is 5.40. The lowest BCUT2D eigenvalue weighted by Gasteiger charge is -2.28. The first-order valence-electron chi connectivity index (χ1n) is 6.94. The van der Waals surface area contributed by atoms with Crippen molar-refractivity contribution in [2.45, 2.75) is 25.7 Å². The standard InChI is InChI=1S/C15H13ClF3N3O/c16-12-5-11(23)2-1-9(12)7-22-4-3-13-10(8-22)6-20-14(21-13)15(17,18)19/h1-2,5-6,23H,3-4,7-8H2. The Balaban J connectivity index is 1.75. The maximum atomic E-state index is 12.6. The maximum absolute atomic E-state index is 12.6. The number of rotatable bonds is 2. The third kappa shape index (κ3) is 3.56. The van der Waals surface area contributed by atoms with Gasteiger partial charge in [0, 0.05) is 42.8 Å². The number of nitrogens with zero attached hydrogens (tertiary/aromatic N) is 3.